The van der Waals surface area contributed by atoms with Gasteiger partial charge in [-0.15, -0.1) is 0 Å². The molecule has 0 saturated carbocycles. The molecular formula is C136H96. The van der Waals surface area contributed by atoms with Crippen molar-refractivity contribution in [1.82, 2.24) is 0 Å². The molecule has 640 valence electrons. The van der Waals surface area contributed by atoms with Crippen molar-refractivity contribution in [3.05, 3.63) is 567 Å². The number of fused-ring (bicyclic) bond motifs is 3. The van der Waals surface area contributed by atoms with Crippen molar-refractivity contribution in [3.8, 4) is 211 Å². The summed E-state index contributed by atoms with van der Waals surface area (Å²) >= 11 is 0. The van der Waals surface area contributed by atoms with Gasteiger partial charge in [0.15, 0.2) is 0 Å². The summed E-state index contributed by atoms with van der Waals surface area (Å²) in [6.45, 7) is 6.86. The van der Waals surface area contributed by atoms with E-state index in [1.807, 2.05) is 0 Å². The third-order valence-electron chi connectivity index (χ3n) is 27.7. The van der Waals surface area contributed by atoms with Gasteiger partial charge in [-0.1, -0.05) is 394 Å². The highest BCUT2D eigenvalue weighted by Gasteiger charge is 2.48. The van der Waals surface area contributed by atoms with E-state index in [2.05, 4.69) is 549 Å². The lowest BCUT2D eigenvalue weighted by Crippen LogP contribution is -2.29. The zero-order valence-electron chi connectivity index (χ0n) is 76.2. The zero-order chi connectivity index (χ0) is 91.0. The minimum absolute atomic E-state index is 1.09. The fourth-order valence-electron chi connectivity index (χ4n) is 21.2. The van der Waals surface area contributed by atoms with Crippen LogP contribution in [-0.4, -0.2) is 0 Å². The molecule has 0 saturated heterocycles. The van der Waals surface area contributed by atoms with Crippen LogP contribution in [0.1, 0.15) is 38.9 Å². The quantitative estimate of drug-likeness (QED) is 0.0713. The van der Waals surface area contributed by atoms with Gasteiger partial charge in [0.1, 0.15) is 0 Å². The molecule has 0 atom stereocenters. The summed E-state index contributed by atoms with van der Waals surface area (Å²) in [6.07, 6.45) is 0. The second kappa shape index (κ2) is 36.2. The zero-order valence-corrected chi connectivity index (χ0v) is 76.2. The average molecular weight is 1730 g/mol. The van der Waals surface area contributed by atoms with Gasteiger partial charge in [-0.3, -0.25) is 0 Å². The monoisotopic (exact) mass is 1730 g/mol. The molecule has 0 N–H and O–H groups in total. The minimum atomic E-state index is -1.09. The average Bonchev–Trinajstić information content (AvgIpc) is 1.52. The van der Waals surface area contributed by atoms with E-state index in [-0.39, 0.29) is 0 Å². The van der Waals surface area contributed by atoms with Crippen molar-refractivity contribution in [2.75, 3.05) is 0 Å². The standard InChI is InChI=1S/C136H96/c1-91-66-92(2)134(93(3)67-91)131-62-35-63-132-135(131)130-65-64-111(94-36-13-4-14-37-94)90-133(130)136(132,128-86-124(107-58-31-54-103(68-107)120-76-112(95-38-15-5-16-39-95)72-113(77-120)96-40-17-6-18-41-96)84-125(87-128)108-59-32-55-104(69-108)121-78-114(97-42-19-7-20-43-97)73-115(79-121)98-44-21-8-22-45-98)129-88-126(109-60-33-56-105(70-109)122-80-116(99-46-23-9-24-47-99)74-117(81-122)100-48-25-10-26-49-100)85-127(89-129)110-61-34-57-106(71-110)123-82-118(101-50-27-11-28-51-101)75-119(83-123)102-52-29-12-30-53-102/h4-90H,1-3H3. The third-order valence-corrected chi connectivity index (χ3v) is 27.7. The van der Waals surface area contributed by atoms with E-state index < -0.39 is 5.41 Å². The smallest absolute Gasteiger partial charge is 0.0622 e. The van der Waals surface area contributed by atoms with Gasteiger partial charge in [0.25, 0.3) is 0 Å². The fourth-order valence-corrected chi connectivity index (χ4v) is 21.2. The van der Waals surface area contributed by atoms with Crippen molar-refractivity contribution in [3.63, 3.8) is 0 Å². The van der Waals surface area contributed by atoms with Gasteiger partial charge in [-0.2, -0.15) is 0 Å². The van der Waals surface area contributed by atoms with Crippen molar-refractivity contribution in [2.45, 2.75) is 26.2 Å². The van der Waals surface area contributed by atoms with Crippen LogP contribution in [-0.2, 0) is 5.41 Å². The van der Waals surface area contributed by atoms with Crippen LogP contribution >= 0.6 is 0 Å². The Hall–Kier alpha value is -17.2. The van der Waals surface area contributed by atoms with Gasteiger partial charge in [0.05, 0.1) is 5.41 Å². The summed E-state index contributed by atoms with van der Waals surface area (Å²) in [7, 11) is 0. The van der Waals surface area contributed by atoms with Crippen LogP contribution in [0.3, 0.4) is 0 Å². The first-order chi connectivity index (χ1) is 67.0. The van der Waals surface area contributed by atoms with E-state index in [1.54, 1.807) is 0 Å². The molecule has 0 heterocycles. The van der Waals surface area contributed by atoms with E-state index >= 15 is 0 Å². The Kier molecular flexibility index (Phi) is 22.1. The molecule has 0 fully saturated rings. The number of hydrogen-bond acceptors (Lipinski definition) is 0. The Morgan fingerprint density at radius 3 is 0.537 bits per heavy atom. The number of rotatable bonds is 20. The third kappa shape index (κ3) is 16.3. The molecule has 0 spiro atoms. The first kappa shape index (κ1) is 83.2. The van der Waals surface area contributed by atoms with E-state index in [4.69, 9.17) is 0 Å². The van der Waals surface area contributed by atoms with Crippen LogP contribution in [0.5, 0.6) is 0 Å². The lowest BCUT2D eigenvalue weighted by molar-refractivity contribution is 0.770. The highest BCUT2D eigenvalue weighted by Crippen LogP contribution is 2.62. The summed E-state index contributed by atoms with van der Waals surface area (Å²) < 4.78 is 0. The number of aryl methyl sites for hydroxylation is 3. The van der Waals surface area contributed by atoms with Gasteiger partial charge in [-0.05, 0) is 405 Å². The van der Waals surface area contributed by atoms with Crippen molar-refractivity contribution in [1.29, 1.82) is 0 Å². The molecule has 23 rings (SSSR count). The molecule has 0 aliphatic heterocycles. The maximum atomic E-state index is 2.59. The molecule has 0 aromatic heterocycles. The summed E-state index contributed by atoms with van der Waals surface area (Å²) in [5.41, 5.74) is 50.8. The van der Waals surface area contributed by atoms with E-state index in [0.29, 0.717) is 0 Å². The Morgan fingerprint density at radius 1 is 0.118 bits per heavy atom. The van der Waals surface area contributed by atoms with Gasteiger partial charge >= 0.3 is 0 Å². The second-order valence-corrected chi connectivity index (χ2v) is 36.4. The molecule has 1 aliphatic rings. The van der Waals surface area contributed by atoms with Gasteiger partial charge in [0, 0.05) is 0 Å². The van der Waals surface area contributed by atoms with E-state index in [1.165, 1.54) is 94.6 Å². The molecule has 0 nitrogen and oxygen atoms in total. The molecule has 0 bridgehead atoms. The summed E-state index contributed by atoms with van der Waals surface area (Å²) in [5, 5.41) is 0. The summed E-state index contributed by atoms with van der Waals surface area (Å²) in [4.78, 5) is 0. The Labute approximate surface area is 798 Å². The maximum Gasteiger partial charge on any atom is 0.0714 e. The highest BCUT2D eigenvalue weighted by atomic mass is 14.5. The number of hydrogen-bond donors (Lipinski definition) is 0. The van der Waals surface area contributed by atoms with Gasteiger partial charge < -0.3 is 0 Å². The molecule has 0 radical (unpaired) electrons. The molecule has 0 heteroatoms. The van der Waals surface area contributed by atoms with E-state index in [0.717, 1.165) is 156 Å². The molecule has 136 heavy (non-hydrogen) atoms. The van der Waals surface area contributed by atoms with Crippen LogP contribution < -0.4 is 0 Å². The lowest BCUT2D eigenvalue weighted by atomic mass is 9.65. The van der Waals surface area contributed by atoms with Crippen LogP contribution in [0.4, 0.5) is 0 Å². The van der Waals surface area contributed by atoms with Crippen molar-refractivity contribution < 1.29 is 0 Å². The minimum Gasteiger partial charge on any atom is -0.0622 e. The Balaban J connectivity index is 0.830. The number of benzene rings is 22. The SMILES string of the molecule is Cc1cc(C)c(-c2cccc3c2-c2ccc(-c4ccccc4)cc2C3(c2cc(-c3cccc(-c4cc(-c5ccccc5)cc(-c5ccccc5)c4)c3)cc(-c3cccc(-c4cc(-c5ccccc5)cc(-c5ccccc5)c4)c3)c2)c2cc(-c3cccc(-c4cc(-c5ccccc5)cc(-c5ccccc5)c4)c3)cc(-c3cccc(-c4cc(-c5ccccc5)cc(-c5ccccc5)c4)c3)c2)c(C)c1. The van der Waals surface area contributed by atoms with Crippen LogP contribution in [0, 0.1) is 20.8 Å². The molecule has 1 aliphatic carbocycles. The second-order valence-electron chi connectivity index (χ2n) is 36.4. The molecule has 22 aromatic carbocycles. The van der Waals surface area contributed by atoms with Crippen LogP contribution in [0.25, 0.3) is 211 Å². The first-order valence-electron chi connectivity index (χ1n) is 47.3. The van der Waals surface area contributed by atoms with Crippen molar-refractivity contribution in [2.24, 2.45) is 0 Å². The molecule has 0 unspecified atom stereocenters. The van der Waals surface area contributed by atoms with Gasteiger partial charge in [-0.25, -0.2) is 0 Å². The highest BCUT2D eigenvalue weighted by molar-refractivity contribution is 6.00. The van der Waals surface area contributed by atoms with Crippen molar-refractivity contribution >= 4 is 0 Å². The largest absolute Gasteiger partial charge is 0.0714 e. The molecule has 0 amide bonds. The fraction of sp³-hybridized carbons (Fsp3) is 0.0294. The maximum absolute atomic E-state index is 2.59. The lowest BCUT2D eigenvalue weighted by Gasteiger charge is -2.36. The first-order valence-corrected chi connectivity index (χ1v) is 47.3. The Morgan fingerprint density at radius 2 is 0.301 bits per heavy atom. The predicted molar refractivity (Wildman–Crippen MR) is 576 cm³/mol. The summed E-state index contributed by atoms with van der Waals surface area (Å²) in [5.74, 6) is 0. The van der Waals surface area contributed by atoms with Crippen LogP contribution in [0.15, 0.2) is 528 Å². The van der Waals surface area contributed by atoms with E-state index in [9.17, 15) is 0 Å². The van der Waals surface area contributed by atoms with Gasteiger partial charge in [0.2, 0.25) is 0 Å². The normalized spacial score (nSPS) is 11.8. The topological polar surface area (TPSA) is 0 Å². The predicted octanol–water partition coefficient (Wildman–Crippen LogP) is 37.0. The van der Waals surface area contributed by atoms with Crippen LogP contribution in [0.2, 0.25) is 0 Å². The Bertz CT molecular complexity index is 7200. The summed E-state index contributed by atoms with van der Waals surface area (Å²) in [6, 6.07) is 199. The molecular weight excluding hydrogens is 1630 g/mol. The molecule has 22 aromatic rings.